The second-order valence-corrected chi connectivity index (χ2v) is 10.9. The smallest absolute Gasteiger partial charge is 0.139 e. The molecule has 0 aliphatic rings. The lowest BCUT2D eigenvalue weighted by atomic mass is 9.87. The number of para-hydroxylation sites is 1. The molecular weight excluding hydrogens is 524 g/mol. The lowest BCUT2D eigenvalue weighted by molar-refractivity contribution is 1.35. The minimum absolute atomic E-state index is 0.701. The van der Waals surface area contributed by atoms with Gasteiger partial charge in [0.1, 0.15) is 5.82 Å². The fourth-order valence-corrected chi connectivity index (χ4v) is 6.31. The summed E-state index contributed by atoms with van der Waals surface area (Å²) in [4.78, 5) is 8.73. The van der Waals surface area contributed by atoms with Gasteiger partial charge in [-0.15, -0.1) is 0 Å². The molecule has 0 unspecified atom stereocenters. The van der Waals surface area contributed by atoms with Gasteiger partial charge in [-0.3, -0.25) is 0 Å². The van der Waals surface area contributed by atoms with E-state index in [1.807, 2.05) is 12.1 Å². The molecule has 7 aromatic carbocycles. The number of fused-ring (bicyclic) bond motifs is 3. The summed E-state index contributed by atoms with van der Waals surface area (Å²) in [7, 11) is 0. The van der Waals surface area contributed by atoms with Gasteiger partial charge in [0.25, 0.3) is 0 Å². The largest absolute Gasteiger partial charge is 0.399 e. The Kier molecular flexibility index (Phi) is 5.73. The van der Waals surface area contributed by atoms with Gasteiger partial charge in [0.05, 0.1) is 11.0 Å². The van der Waals surface area contributed by atoms with Gasteiger partial charge in [-0.1, -0.05) is 109 Å². The highest BCUT2D eigenvalue weighted by atomic mass is 14.9. The van der Waals surface area contributed by atoms with Crippen molar-refractivity contribution in [1.82, 2.24) is 9.97 Å². The molecular formula is C39H28N4. The average molecular weight is 553 g/mol. The lowest BCUT2D eigenvalue weighted by Crippen LogP contribution is -1.95. The van der Waals surface area contributed by atoms with Crippen molar-refractivity contribution in [2.45, 2.75) is 0 Å². The standard InChI is InChI=1S/C39H28N4/c40-26-18-20-31(35(22-26)30-14-5-10-24-8-1-3-12-28(24)30)32-21-19-27(41)23-36(32)33-15-7-17-37-38(33)43-39(42-37)34-16-6-11-25-9-2-4-13-29(25)34/h1-23H,40-41H2,(H,42,43). The highest BCUT2D eigenvalue weighted by Crippen LogP contribution is 2.43. The molecule has 5 N–H and O–H groups in total. The number of aromatic nitrogens is 2. The minimum Gasteiger partial charge on any atom is -0.399 e. The normalized spacial score (nSPS) is 11.4. The van der Waals surface area contributed by atoms with Gasteiger partial charge in [0.2, 0.25) is 0 Å². The van der Waals surface area contributed by atoms with E-state index in [1.165, 1.54) is 16.2 Å². The van der Waals surface area contributed by atoms with E-state index in [0.29, 0.717) is 5.69 Å². The number of nitrogen functional groups attached to an aromatic ring is 2. The quantitative estimate of drug-likeness (QED) is 0.190. The number of anilines is 2. The highest BCUT2D eigenvalue weighted by Gasteiger charge is 2.18. The Labute approximate surface area is 249 Å². The third-order valence-electron chi connectivity index (χ3n) is 8.31. The van der Waals surface area contributed by atoms with Crippen LogP contribution in [0.3, 0.4) is 0 Å². The number of benzene rings is 7. The minimum atomic E-state index is 0.701. The van der Waals surface area contributed by atoms with Gasteiger partial charge in [0, 0.05) is 22.5 Å². The maximum Gasteiger partial charge on any atom is 0.139 e. The monoisotopic (exact) mass is 552 g/mol. The van der Waals surface area contributed by atoms with Crippen molar-refractivity contribution in [3.8, 4) is 44.8 Å². The van der Waals surface area contributed by atoms with Gasteiger partial charge >= 0.3 is 0 Å². The summed E-state index contributed by atoms with van der Waals surface area (Å²) in [5.41, 5.74) is 23.7. The van der Waals surface area contributed by atoms with Crippen molar-refractivity contribution in [3.63, 3.8) is 0 Å². The van der Waals surface area contributed by atoms with Gasteiger partial charge in [0.15, 0.2) is 0 Å². The number of aromatic amines is 1. The summed E-state index contributed by atoms with van der Waals surface area (Å²) in [5, 5.41) is 4.72. The maximum absolute atomic E-state index is 6.45. The molecule has 0 radical (unpaired) electrons. The van der Waals surface area contributed by atoms with E-state index in [2.05, 4.69) is 132 Å². The summed E-state index contributed by atoms with van der Waals surface area (Å²) in [6, 6.07) is 48.2. The van der Waals surface area contributed by atoms with Crippen LogP contribution in [-0.4, -0.2) is 9.97 Å². The Morgan fingerprint density at radius 3 is 1.60 bits per heavy atom. The first kappa shape index (κ1) is 24.9. The Morgan fingerprint density at radius 1 is 0.419 bits per heavy atom. The van der Waals surface area contributed by atoms with Gasteiger partial charge in [-0.2, -0.15) is 0 Å². The fourth-order valence-electron chi connectivity index (χ4n) is 6.31. The lowest BCUT2D eigenvalue weighted by Gasteiger charge is -2.17. The summed E-state index contributed by atoms with van der Waals surface area (Å²) in [5.74, 6) is 0.841. The molecule has 1 aromatic heterocycles. The maximum atomic E-state index is 6.45. The Morgan fingerprint density at radius 2 is 0.930 bits per heavy atom. The van der Waals surface area contributed by atoms with Gasteiger partial charge in [-0.25, -0.2) is 4.98 Å². The van der Waals surface area contributed by atoms with Crippen LogP contribution in [-0.2, 0) is 0 Å². The first-order valence-corrected chi connectivity index (χ1v) is 14.4. The van der Waals surface area contributed by atoms with E-state index in [0.717, 1.165) is 66.9 Å². The van der Waals surface area contributed by atoms with Crippen LogP contribution in [0.1, 0.15) is 0 Å². The molecule has 0 spiro atoms. The van der Waals surface area contributed by atoms with E-state index in [-0.39, 0.29) is 0 Å². The average Bonchev–Trinajstić information content (AvgIpc) is 3.49. The first-order valence-electron chi connectivity index (χ1n) is 14.4. The van der Waals surface area contributed by atoms with Crippen LogP contribution >= 0.6 is 0 Å². The van der Waals surface area contributed by atoms with E-state index < -0.39 is 0 Å². The summed E-state index contributed by atoms with van der Waals surface area (Å²) in [6.45, 7) is 0. The summed E-state index contributed by atoms with van der Waals surface area (Å²) >= 11 is 0. The van der Waals surface area contributed by atoms with E-state index >= 15 is 0 Å². The summed E-state index contributed by atoms with van der Waals surface area (Å²) < 4.78 is 0. The van der Waals surface area contributed by atoms with E-state index in [4.69, 9.17) is 16.5 Å². The topological polar surface area (TPSA) is 80.7 Å². The van der Waals surface area contributed by atoms with E-state index in [1.54, 1.807) is 0 Å². The van der Waals surface area contributed by atoms with Crippen molar-refractivity contribution >= 4 is 44.0 Å². The third kappa shape index (κ3) is 4.20. The Bertz CT molecular complexity index is 2320. The predicted molar refractivity (Wildman–Crippen MR) is 182 cm³/mol. The van der Waals surface area contributed by atoms with Crippen LogP contribution in [0.4, 0.5) is 11.4 Å². The van der Waals surface area contributed by atoms with Crippen LogP contribution in [0, 0.1) is 0 Å². The number of hydrogen-bond donors (Lipinski definition) is 3. The molecule has 204 valence electrons. The molecule has 4 heteroatoms. The molecule has 1 heterocycles. The predicted octanol–water partition coefficient (Wildman–Crippen LogP) is 9.70. The van der Waals surface area contributed by atoms with Crippen molar-refractivity contribution < 1.29 is 0 Å². The Balaban J connectivity index is 1.36. The highest BCUT2D eigenvalue weighted by molar-refractivity contribution is 6.05. The van der Waals surface area contributed by atoms with Crippen LogP contribution in [0.15, 0.2) is 140 Å². The second kappa shape index (κ2) is 9.89. The molecule has 0 aliphatic heterocycles. The third-order valence-corrected chi connectivity index (χ3v) is 8.31. The molecule has 4 nitrogen and oxygen atoms in total. The van der Waals surface area contributed by atoms with Gasteiger partial charge in [-0.05, 0) is 79.7 Å². The van der Waals surface area contributed by atoms with Crippen LogP contribution in [0.25, 0.3) is 77.3 Å². The number of H-pyrrole nitrogens is 1. The number of imidazole rings is 1. The molecule has 8 rings (SSSR count). The SMILES string of the molecule is Nc1ccc(-c2ccc(N)cc2-c2cccc3nc(-c4cccc5ccccc45)[nH]c23)c(-c2cccc3ccccc23)c1. The molecule has 0 fully saturated rings. The second-order valence-electron chi connectivity index (χ2n) is 10.9. The number of hydrogen-bond acceptors (Lipinski definition) is 3. The van der Waals surface area contributed by atoms with Crippen LogP contribution in [0.2, 0.25) is 0 Å². The van der Waals surface area contributed by atoms with Gasteiger partial charge < -0.3 is 16.5 Å². The van der Waals surface area contributed by atoms with Crippen LogP contribution < -0.4 is 11.5 Å². The molecule has 0 aliphatic carbocycles. The fraction of sp³-hybridized carbons (Fsp3) is 0. The Hall–Kier alpha value is -5.87. The zero-order chi connectivity index (χ0) is 28.9. The van der Waals surface area contributed by atoms with Crippen molar-refractivity contribution in [2.75, 3.05) is 11.5 Å². The number of rotatable bonds is 4. The van der Waals surface area contributed by atoms with Crippen molar-refractivity contribution in [2.24, 2.45) is 0 Å². The zero-order valence-electron chi connectivity index (χ0n) is 23.4. The van der Waals surface area contributed by atoms with Crippen molar-refractivity contribution in [3.05, 3.63) is 140 Å². The molecule has 0 amide bonds. The molecule has 0 atom stereocenters. The number of nitrogens with one attached hydrogen (secondary N) is 1. The first-order chi connectivity index (χ1) is 21.1. The molecule has 0 saturated heterocycles. The van der Waals surface area contributed by atoms with Crippen LogP contribution in [0.5, 0.6) is 0 Å². The molecule has 43 heavy (non-hydrogen) atoms. The molecule has 8 aromatic rings. The van der Waals surface area contributed by atoms with E-state index in [9.17, 15) is 0 Å². The zero-order valence-corrected chi connectivity index (χ0v) is 23.4. The number of nitrogens with two attached hydrogens (primary N) is 2. The number of nitrogens with zero attached hydrogens (tertiary/aromatic N) is 1. The van der Waals surface area contributed by atoms with Crippen molar-refractivity contribution in [1.29, 1.82) is 0 Å². The molecule has 0 saturated carbocycles. The summed E-state index contributed by atoms with van der Waals surface area (Å²) in [6.07, 6.45) is 0. The molecule has 0 bridgehead atoms.